The molecule has 1 aliphatic heterocycles. The molecule has 0 spiro atoms. The number of halogens is 2. The zero-order valence-corrected chi connectivity index (χ0v) is 15.6. The summed E-state index contributed by atoms with van der Waals surface area (Å²) < 4.78 is 2.88. The maximum atomic E-state index is 12.9. The Labute approximate surface area is 148 Å². The number of carbonyl (C=O) groups excluding carboxylic acids is 1. The van der Waals surface area contributed by atoms with Crippen molar-refractivity contribution in [3.05, 3.63) is 38.5 Å². The highest BCUT2D eigenvalue weighted by Gasteiger charge is 2.32. The monoisotopic (exact) mass is 404 g/mol. The molecular formula is C14H18BrClN4OS. The highest BCUT2D eigenvalue weighted by molar-refractivity contribution is 9.11. The molecule has 1 atom stereocenters. The summed E-state index contributed by atoms with van der Waals surface area (Å²) in [6.45, 7) is 4.25. The van der Waals surface area contributed by atoms with Gasteiger partial charge in [0.25, 0.3) is 5.91 Å². The Morgan fingerprint density at radius 3 is 2.91 bits per heavy atom. The highest BCUT2D eigenvalue weighted by atomic mass is 79.9. The summed E-state index contributed by atoms with van der Waals surface area (Å²) in [5, 5.41) is 3.35. The van der Waals surface area contributed by atoms with Crippen LogP contribution < -0.4 is 5.32 Å². The van der Waals surface area contributed by atoms with Gasteiger partial charge >= 0.3 is 0 Å². The van der Waals surface area contributed by atoms with E-state index in [1.165, 1.54) is 0 Å². The summed E-state index contributed by atoms with van der Waals surface area (Å²) in [5.74, 6) is 0.986. The molecule has 1 unspecified atom stereocenters. The third kappa shape index (κ3) is 3.22. The van der Waals surface area contributed by atoms with Gasteiger partial charge < -0.3 is 14.8 Å². The second kappa shape index (κ2) is 7.12. The molecule has 1 N–H and O–H groups in total. The number of thiophene rings is 1. The average molecular weight is 406 g/mol. The van der Waals surface area contributed by atoms with Gasteiger partial charge in [0.2, 0.25) is 0 Å². The third-order valence-electron chi connectivity index (χ3n) is 3.70. The number of aryl methyl sites for hydroxylation is 2. The fraction of sp³-hybridized carbons (Fsp3) is 0.429. The van der Waals surface area contributed by atoms with Crippen molar-refractivity contribution in [2.45, 2.75) is 13.0 Å². The van der Waals surface area contributed by atoms with Crippen molar-refractivity contribution in [3.63, 3.8) is 0 Å². The van der Waals surface area contributed by atoms with E-state index in [1.54, 1.807) is 17.5 Å². The van der Waals surface area contributed by atoms with Gasteiger partial charge in [0.05, 0.1) is 9.35 Å². The van der Waals surface area contributed by atoms with Crippen molar-refractivity contribution in [1.82, 2.24) is 19.8 Å². The van der Waals surface area contributed by atoms with E-state index in [0.29, 0.717) is 6.54 Å². The number of nitrogens with zero attached hydrogens (tertiary/aromatic N) is 3. The molecule has 3 rings (SSSR count). The Morgan fingerprint density at radius 2 is 2.32 bits per heavy atom. The van der Waals surface area contributed by atoms with Gasteiger partial charge in [-0.1, -0.05) is 0 Å². The van der Waals surface area contributed by atoms with Crippen molar-refractivity contribution in [3.8, 4) is 0 Å². The summed E-state index contributed by atoms with van der Waals surface area (Å²) in [5.41, 5.74) is 0.749. The zero-order valence-electron chi connectivity index (χ0n) is 12.4. The first-order valence-corrected chi connectivity index (χ1v) is 8.43. The second-order valence-corrected chi connectivity index (χ2v) is 7.73. The lowest BCUT2D eigenvalue weighted by Crippen LogP contribution is -2.49. The molecule has 0 saturated carbocycles. The Balaban J connectivity index is 0.00000176. The summed E-state index contributed by atoms with van der Waals surface area (Å²) in [7, 11) is 1.96. The van der Waals surface area contributed by atoms with Gasteiger partial charge in [-0.05, 0) is 28.9 Å². The molecule has 1 saturated heterocycles. The largest absolute Gasteiger partial charge is 0.336 e. The van der Waals surface area contributed by atoms with Gasteiger partial charge in [0.1, 0.15) is 11.9 Å². The summed E-state index contributed by atoms with van der Waals surface area (Å²) >= 11 is 5.10. The molecule has 0 radical (unpaired) electrons. The zero-order chi connectivity index (χ0) is 15.0. The van der Waals surface area contributed by atoms with Crippen LogP contribution in [0, 0.1) is 6.92 Å². The minimum atomic E-state index is -0.0293. The minimum absolute atomic E-state index is 0. The lowest BCUT2D eigenvalue weighted by atomic mass is 10.1. The number of carbonyl (C=O) groups is 1. The van der Waals surface area contributed by atoms with Crippen LogP contribution in [-0.4, -0.2) is 40.0 Å². The Morgan fingerprint density at radius 1 is 1.55 bits per heavy atom. The minimum Gasteiger partial charge on any atom is -0.336 e. The maximum Gasteiger partial charge on any atom is 0.256 e. The van der Waals surface area contributed by atoms with Crippen LogP contribution in [0.15, 0.2) is 22.2 Å². The van der Waals surface area contributed by atoms with Crippen LogP contribution in [0.1, 0.15) is 27.1 Å². The average Bonchev–Trinajstić information content (AvgIpc) is 3.03. The van der Waals surface area contributed by atoms with Crippen LogP contribution in [-0.2, 0) is 7.05 Å². The molecule has 2 aromatic rings. The van der Waals surface area contributed by atoms with Crippen molar-refractivity contribution in [2.75, 3.05) is 19.6 Å². The third-order valence-corrected chi connectivity index (χ3v) is 5.45. The number of hydrogen-bond donors (Lipinski definition) is 1. The maximum absolute atomic E-state index is 12.9. The first kappa shape index (κ1) is 17.5. The lowest BCUT2D eigenvalue weighted by molar-refractivity contribution is 0.0620. The normalized spacial score (nSPS) is 18.1. The van der Waals surface area contributed by atoms with Gasteiger partial charge in [0, 0.05) is 44.0 Å². The van der Waals surface area contributed by atoms with Gasteiger partial charge in [-0.3, -0.25) is 4.79 Å². The number of nitrogens with one attached hydrogen (secondary N) is 1. The van der Waals surface area contributed by atoms with E-state index < -0.39 is 0 Å². The van der Waals surface area contributed by atoms with Gasteiger partial charge in [-0.2, -0.15) is 0 Å². The predicted octanol–water partition coefficient (Wildman–Crippen LogP) is 2.76. The molecule has 8 heteroatoms. The van der Waals surface area contributed by atoms with E-state index >= 15 is 0 Å². The van der Waals surface area contributed by atoms with E-state index in [9.17, 15) is 4.79 Å². The lowest BCUT2D eigenvalue weighted by Gasteiger charge is -2.35. The number of imidazole rings is 1. The fourth-order valence-corrected chi connectivity index (χ4v) is 4.43. The van der Waals surface area contributed by atoms with Gasteiger partial charge in [0.15, 0.2) is 0 Å². The molecule has 0 aliphatic carbocycles. The van der Waals surface area contributed by atoms with E-state index in [0.717, 1.165) is 33.1 Å². The quantitative estimate of drug-likeness (QED) is 0.836. The van der Waals surface area contributed by atoms with E-state index in [4.69, 9.17) is 0 Å². The van der Waals surface area contributed by atoms with Crippen LogP contribution in [0.4, 0.5) is 0 Å². The molecule has 3 heterocycles. The van der Waals surface area contributed by atoms with Crippen molar-refractivity contribution in [1.29, 1.82) is 0 Å². The molecular weight excluding hydrogens is 388 g/mol. The molecule has 1 aliphatic rings. The topological polar surface area (TPSA) is 50.2 Å². The van der Waals surface area contributed by atoms with E-state index in [2.05, 4.69) is 26.2 Å². The van der Waals surface area contributed by atoms with Crippen LogP contribution >= 0.6 is 39.7 Å². The van der Waals surface area contributed by atoms with E-state index in [1.807, 2.05) is 35.7 Å². The van der Waals surface area contributed by atoms with Gasteiger partial charge in [-0.25, -0.2) is 4.98 Å². The number of amides is 1. The van der Waals surface area contributed by atoms with Crippen LogP contribution in [0.2, 0.25) is 0 Å². The molecule has 5 nitrogen and oxygen atoms in total. The number of aromatic nitrogens is 2. The number of rotatable bonds is 2. The Bertz CT molecular complexity index is 672. The summed E-state index contributed by atoms with van der Waals surface area (Å²) in [6.07, 6.45) is 3.69. The standard InChI is InChI=1S/C14H17BrN4OS.ClH/c1-9-7-10(12(15)21-9)14(20)19-6-3-16-8-11(19)13-17-4-5-18(13)2;/h4-5,7,11,16H,3,6,8H2,1-2H3;1H. The van der Waals surface area contributed by atoms with Crippen LogP contribution in [0.5, 0.6) is 0 Å². The van der Waals surface area contributed by atoms with Crippen LogP contribution in [0.25, 0.3) is 0 Å². The molecule has 1 fully saturated rings. The second-order valence-electron chi connectivity index (χ2n) is 5.16. The van der Waals surface area contributed by atoms with Gasteiger partial charge in [-0.15, -0.1) is 23.7 Å². The first-order valence-electron chi connectivity index (χ1n) is 6.82. The molecule has 22 heavy (non-hydrogen) atoms. The first-order chi connectivity index (χ1) is 10.1. The summed E-state index contributed by atoms with van der Waals surface area (Å²) in [6, 6.07) is 1.92. The van der Waals surface area contributed by atoms with Crippen molar-refractivity contribution < 1.29 is 4.79 Å². The number of piperazine rings is 1. The predicted molar refractivity (Wildman–Crippen MR) is 93.9 cm³/mol. The molecule has 0 aromatic carbocycles. The SMILES string of the molecule is Cc1cc(C(=O)N2CCNCC2c2nccn2C)c(Br)s1.Cl. The van der Waals surface area contributed by atoms with Crippen molar-refractivity contribution >= 4 is 45.6 Å². The Kier molecular flexibility index (Phi) is 5.65. The molecule has 0 bridgehead atoms. The van der Waals surface area contributed by atoms with Crippen molar-refractivity contribution in [2.24, 2.45) is 7.05 Å². The molecule has 2 aromatic heterocycles. The highest BCUT2D eigenvalue weighted by Crippen LogP contribution is 2.31. The summed E-state index contributed by atoms with van der Waals surface area (Å²) in [4.78, 5) is 20.4. The molecule has 120 valence electrons. The molecule has 1 amide bonds. The fourth-order valence-electron chi connectivity index (χ4n) is 2.66. The van der Waals surface area contributed by atoms with E-state index in [-0.39, 0.29) is 24.4 Å². The van der Waals surface area contributed by atoms with Crippen LogP contribution in [0.3, 0.4) is 0 Å². The number of hydrogen-bond acceptors (Lipinski definition) is 4. The smallest absolute Gasteiger partial charge is 0.256 e. The Hall–Kier alpha value is -0.890.